The third-order valence-electron chi connectivity index (χ3n) is 2.96. The first-order chi connectivity index (χ1) is 6.88. The molecule has 2 aliphatic rings. The van der Waals surface area contributed by atoms with Gasteiger partial charge in [-0.05, 0) is 25.2 Å². The van der Waals surface area contributed by atoms with Crippen LogP contribution in [0.4, 0.5) is 0 Å². The molecule has 0 aromatic rings. The van der Waals surface area contributed by atoms with E-state index in [0.29, 0.717) is 12.6 Å². The summed E-state index contributed by atoms with van der Waals surface area (Å²) < 4.78 is 5.54. The van der Waals surface area contributed by atoms with Crippen molar-refractivity contribution in [2.45, 2.75) is 44.2 Å². The third kappa shape index (κ3) is 3.95. The molecule has 0 radical (unpaired) electrons. The summed E-state index contributed by atoms with van der Waals surface area (Å²) in [6, 6.07) is 0.806. The topological polar surface area (TPSA) is 41.5 Å². The summed E-state index contributed by atoms with van der Waals surface area (Å²) in [4.78, 5) is 0. The van der Waals surface area contributed by atoms with Gasteiger partial charge in [-0.25, -0.2) is 0 Å². The lowest BCUT2D eigenvalue weighted by atomic mass is 10.3. The highest BCUT2D eigenvalue weighted by Gasteiger charge is 2.24. The number of ether oxygens (including phenoxy) is 1. The molecule has 0 aliphatic heterocycles. The SMILES string of the molecule is OCC(COCCC1CC1)NC1CC1. The van der Waals surface area contributed by atoms with E-state index in [1.54, 1.807) is 0 Å². The fourth-order valence-electron chi connectivity index (χ4n) is 1.62. The summed E-state index contributed by atoms with van der Waals surface area (Å²) in [6.45, 7) is 1.73. The fraction of sp³-hybridized carbons (Fsp3) is 1.00. The quantitative estimate of drug-likeness (QED) is 0.571. The van der Waals surface area contributed by atoms with Crippen molar-refractivity contribution in [3.05, 3.63) is 0 Å². The molecule has 0 amide bonds. The largest absolute Gasteiger partial charge is 0.395 e. The minimum Gasteiger partial charge on any atom is -0.395 e. The first kappa shape index (κ1) is 10.4. The van der Waals surface area contributed by atoms with Crippen LogP contribution in [0.2, 0.25) is 0 Å². The summed E-state index contributed by atoms with van der Waals surface area (Å²) >= 11 is 0. The van der Waals surface area contributed by atoms with Gasteiger partial charge in [0.15, 0.2) is 0 Å². The Kier molecular flexibility index (Phi) is 3.79. The van der Waals surface area contributed by atoms with E-state index in [1.807, 2.05) is 0 Å². The highest BCUT2D eigenvalue weighted by Crippen LogP contribution is 2.32. The molecule has 2 aliphatic carbocycles. The van der Waals surface area contributed by atoms with Crippen molar-refractivity contribution in [1.29, 1.82) is 0 Å². The third-order valence-corrected chi connectivity index (χ3v) is 2.96. The van der Waals surface area contributed by atoms with Crippen molar-refractivity contribution in [2.24, 2.45) is 5.92 Å². The zero-order valence-electron chi connectivity index (χ0n) is 8.74. The molecule has 0 aromatic heterocycles. The van der Waals surface area contributed by atoms with Gasteiger partial charge in [-0.15, -0.1) is 0 Å². The molecular formula is C11H21NO2. The minimum atomic E-state index is 0.154. The second-order valence-electron chi connectivity index (χ2n) is 4.63. The molecule has 3 nitrogen and oxygen atoms in total. The zero-order valence-corrected chi connectivity index (χ0v) is 8.74. The maximum Gasteiger partial charge on any atom is 0.0642 e. The molecule has 1 atom stereocenters. The standard InChI is InChI=1S/C11H21NO2/c13-7-11(12-10-3-4-10)8-14-6-5-9-1-2-9/h9-13H,1-8H2. The molecular weight excluding hydrogens is 178 g/mol. The predicted molar refractivity (Wildman–Crippen MR) is 55.2 cm³/mol. The lowest BCUT2D eigenvalue weighted by molar-refractivity contribution is 0.0843. The Morgan fingerprint density at radius 2 is 2.07 bits per heavy atom. The van der Waals surface area contributed by atoms with Crippen LogP contribution in [-0.2, 0) is 4.74 Å². The Balaban J connectivity index is 1.47. The molecule has 2 N–H and O–H groups in total. The van der Waals surface area contributed by atoms with E-state index in [0.717, 1.165) is 12.5 Å². The number of rotatable bonds is 8. The highest BCUT2D eigenvalue weighted by molar-refractivity contribution is 4.84. The normalized spacial score (nSPS) is 23.8. The summed E-state index contributed by atoms with van der Waals surface area (Å²) in [5, 5.41) is 12.5. The van der Waals surface area contributed by atoms with Crippen LogP contribution in [0, 0.1) is 5.92 Å². The van der Waals surface area contributed by atoms with Gasteiger partial charge >= 0.3 is 0 Å². The predicted octanol–water partition coefficient (Wildman–Crippen LogP) is 0.916. The lowest BCUT2D eigenvalue weighted by Gasteiger charge is -2.15. The first-order valence-corrected chi connectivity index (χ1v) is 5.83. The minimum absolute atomic E-state index is 0.154. The molecule has 82 valence electrons. The maximum atomic E-state index is 9.08. The van der Waals surface area contributed by atoms with Crippen molar-refractivity contribution in [3.63, 3.8) is 0 Å². The number of aliphatic hydroxyl groups excluding tert-OH is 1. The van der Waals surface area contributed by atoms with Crippen LogP contribution in [-0.4, -0.2) is 37.0 Å². The van der Waals surface area contributed by atoms with Crippen molar-refractivity contribution < 1.29 is 9.84 Å². The average molecular weight is 199 g/mol. The van der Waals surface area contributed by atoms with Gasteiger partial charge in [0.2, 0.25) is 0 Å². The molecule has 1 unspecified atom stereocenters. The van der Waals surface area contributed by atoms with Crippen LogP contribution in [0.25, 0.3) is 0 Å². The fourth-order valence-corrected chi connectivity index (χ4v) is 1.62. The van der Waals surface area contributed by atoms with Gasteiger partial charge < -0.3 is 15.2 Å². The monoisotopic (exact) mass is 199 g/mol. The molecule has 0 spiro atoms. The van der Waals surface area contributed by atoms with Crippen LogP contribution < -0.4 is 5.32 Å². The van der Waals surface area contributed by atoms with Crippen molar-refractivity contribution in [3.8, 4) is 0 Å². The van der Waals surface area contributed by atoms with E-state index in [-0.39, 0.29) is 12.6 Å². The van der Waals surface area contributed by atoms with Gasteiger partial charge in [-0.2, -0.15) is 0 Å². The molecule has 0 heterocycles. The lowest BCUT2D eigenvalue weighted by Crippen LogP contribution is -2.38. The van der Waals surface area contributed by atoms with E-state index >= 15 is 0 Å². The molecule has 2 fully saturated rings. The van der Waals surface area contributed by atoms with E-state index in [9.17, 15) is 0 Å². The van der Waals surface area contributed by atoms with E-state index in [1.165, 1.54) is 32.1 Å². The molecule has 0 bridgehead atoms. The Morgan fingerprint density at radius 3 is 2.64 bits per heavy atom. The second-order valence-corrected chi connectivity index (χ2v) is 4.63. The molecule has 0 saturated heterocycles. The van der Waals surface area contributed by atoms with Crippen LogP contribution in [0.15, 0.2) is 0 Å². The Labute approximate surface area is 85.8 Å². The first-order valence-electron chi connectivity index (χ1n) is 5.83. The van der Waals surface area contributed by atoms with Gasteiger partial charge in [0.1, 0.15) is 0 Å². The van der Waals surface area contributed by atoms with Gasteiger partial charge in [-0.3, -0.25) is 0 Å². The van der Waals surface area contributed by atoms with Gasteiger partial charge in [0.05, 0.1) is 19.3 Å². The zero-order chi connectivity index (χ0) is 9.80. The number of nitrogens with one attached hydrogen (secondary N) is 1. The summed E-state index contributed by atoms with van der Waals surface area (Å²) in [5.41, 5.74) is 0. The molecule has 2 saturated carbocycles. The summed E-state index contributed by atoms with van der Waals surface area (Å²) in [5.74, 6) is 0.943. The van der Waals surface area contributed by atoms with Crippen LogP contribution in [0.1, 0.15) is 32.1 Å². The summed E-state index contributed by atoms with van der Waals surface area (Å²) in [6.07, 6.45) is 6.53. The van der Waals surface area contributed by atoms with Crippen LogP contribution in [0.5, 0.6) is 0 Å². The smallest absolute Gasteiger partial charge is 0.0642 e. The maximum absolute atomic E-state index is 9.08. The van der Waals surface area contributed by atoms with E-state index < -0.39 is 0 Å². The highest BCUT2D eigenvalue weighted by atomic mass is 16.5. The molecule has 14 heavy (non-hydrogen) atoms. The Bertz CT molecular complexity index is 167. The van der Waals surface area contributed by atoms with E-state index in [2.05, 4.69) is 5.32 Å². The van der Waals surface area contributed by atoms with E-state index in [4.69, 9.17) is 9.84 Å². The van der Waals surface area contributed by atoms with Gasteiger partial charge in [0.25, 0.3) is 0 Å². The second kappa shape index (κ2) is 5.10. The number of aliphatic hydroxyl groups is 1. The van der Waals surface area contributed by atoms with Gasteiger partial charge in [0, 0.05) is 12.6 Å². The Morgan fingerprint density at radius 1 is 1.29 bits per heavy atom. The molecule has 0 aromatic carbocycles. The van der Waals surface area contributed by atoms with Crippen molar-refractivity contribution in [1.82, 2.24) is 5.32 Å². The van der Waals surface area contributed by atoms with Crippen LogP contribution in [0.3, 0.4) is 0 Å². The van der Waals surface area contributed by atoms with Gasteiger partial charge in [-0.1, -0.05) is 12.8 Å². The number of hydrogen-bond acceptors (Lipinski definition) is 3. The number of hydrogen-bond donors (Lipinski definition) is 2. The molecule has 2 rings (SSSR count). The Hall–Kier alpha value is -0.120. The molecule has 3 heteroatoms. The summed E-state index contributed by atoms with van der Waals surface area (Å²) in [7, 11) is 0. The van der Waals surface area contributed by atoms with Crippen LogP contribution >= 0.6 is 0 Å². The van der Waals surface area contributed by atoms with Crippen molar-refractivity contribution in [2.75, 3.05) is 19.8 Å². The van der Waals surface area contributed by atoms with Crippen molar-refractivity contribution >= 4 is 0 Å². The average Bonchev–Trinajstić information content (AvgIpc) is 3.03.